The number of nitrogens with two attached hydrogens (primary N) is 1. The number of ether oxygens (including phenoxy) is 1. The van der Waals surface area contributed by atoms with E-state index in [-0.39, 0.29) is 19.6 Å². The fourth-order valence-corrected chi connectivity index (χ4v) is 2.95. The van der Waals surface area contributed by atoms with Crippen molar-refractivity contribution >= 4 is 18.0 Å². The smallest absolute Gasteiger partial charge is 0.410 e. The predicted octanol–water partition coefficient (Wildman–Crippen LogP) is 0.184. The molecule has 0 spiro atoms. The van der Waals surface area contributed by atoms with Gasteiger partial charge in [-0.05, 0) is 34.6 Å². The highest BCUT2D eigenvalue weighted by Crippen LogP contribution is 2.30. The quantitative estimate of drug-likeness (QED) is 0.615. The number of hydrogen-bond donors (Lipinski definition) is 3. The van der Waals surface area contributed by atoms with Crippen LogP contribution in [-0.2, 0) is 14.3 Å². The molecule has 0 atom stereocenters. The Balaban J connectivity index is 3.08. The number of rotatable bonds is 4. The number of nitrogens with zero attached hydrogens (tertiary/aromatic N) is 2. The van der Waals surface area contributed by atoms with Gasteiger partial charge in [-0.25, -0.2) is 14.4 Å². The molecular weight excluding hydrogens is 318 g/mol. The molecule has 1 aliphatic heterocycles. The maximum absolute atomic E-state index is 12.2. The average molecular weight is 345 g/mol. The Morgan fingerprint density at radius 1 is 1.12 bits per heavy atom. The van der Waals surface area contributed by atoms with Crippen LogP contribution in [0.5, 0.6) is 0 Å². The zero-order valence-corrected chi connectivity index (χ0v) is 14.8. The minimum Gasteiger partial charge on any atom is -0.479 e. The van der Waals surface area contributed by atoms with Gasteiger partial charge in [-0.15, -0.1) is 0 Å². The van der Waals surface area contributed by atoms with Gasteiger partial charge in [0.05, 0.1) is 0 Å². The van der Waals surface area contributed by atoms with Crippen molar-refractivity contribution in [3.8, 4) is 0 Å². The van der Waals surface area contributed by atoms with Crippen LogP contribution in [-0.4, -0.2) is 80.9 Å². The van der Waals surface area contributed by atoms with E-state index in [4.69, 9.17) is 10.5 Å². The standard InChI is InChI=1S/C15H27N3O6/c1-13(2,3)24-12(23)17-6-7-18(14(4,5)9-17)15(8-16,10(19)20)11(21)22/h6-9,16H2,1-5H3,(H,19,20)(H,21,22). The van der Waals surface area contributed by atoms with Crippen molar-refractivity contribution in [3.05, 3.63) is 0 Å². The average Bonchev–Trinajstić information content (AvgIpc) is 2.38. The van der Waals surface area contributed by atoms with Crippen LogP contribution in [0.25, 0.3) is 0 Å². The molecule has 0 bridgehead atoms. The second-order valence-corrected chi connectivity index (χ2v) is 7.54. The molecule has 0 aromatic carbocycles. The van der Waals surface area contributed by atoms with E-state index in [0.717, 1.165) is 0 Å². The van der Waals surface area contributed by atoms with Crippen molar-refractivity contribution in [2.75, 3.05) is 26.2 Å². The molecule has 0 aliphatic carbocycles. The molecule has 1 heterocycles. The lowest BCUT2D eigenvalue weighted by Crippen LogP contribution is -2.74. The molecule has 1 rings (SSSR count). The molecule has 24 heavy (non-hydrogen) atoms. The number of carboxylic acids is 2. The fourth-order valence-electron chi connectivity index (χ4n) is 2.95. The SMILES string of the molecule is CC(C)(C)OC(=O)N1CCN(C(CN)(C(=O)O)C(=O)O)C(C)(C)C1. The lowest BCUT2D eigenvalue weighted by Gasteiger charge is -2.52. The summed E-state index contributed by atoms with van der Waals surface area (Å²) in [6.07, 6.45) is -0.515. The van der Waals surface area contributed by atoms with Crippen molar-refractivity contribution in [1.29, 1.82) is 0 Å². The summed E-state index contributed by atoms with van der Waals surface area (Å²) >= 11 is 0. The van der Waals surface area contributed by atoms with Crippen molar-refractivity contribution in [1.82, 2.24) is 9.80 Å². The molecule has 1 amide bonds. The van der Waals surface area contributed by atoms with Gasteiger partial charge >= 0.3 is 18.0 Å². The summed E-state index contributed by atoms with van der Waals surface area (Å²) in [4.78, 5) is 38.4. The molecule has 9 nitrogen and oxygen atoms in total. The Morgan fingerprint density at radius 2 is 1.62 bits per heavy atom. The van der Waals surface area contributed by atoms with Crippen molar-refractivity contribution < 1.29 is 29.3 Å². The molecular formula is C15H27N3O6. The summed E-state index contributed by atoms with van der Waals surface area (Å²) in [5.41, 5.74) is 1.74. The largest absolute Gasteiger partial charge is 0.479 e. The van der Waals surface area contributed by atoms with Crippen LogP contribution in [0.3, 0.4) is 0 Å². The molecule has 1 saturated heterocycles. The summed E-state index contributed by atoms with van der Waals surface area (Å²) in [7, 11) is 0. The summed E-state index contributed by atoms with van der Waals surface area (Å²) < 4.78 is 5.32. The van der Waals surface area contributed by atoms with Gasteiger partial charge in [0.15, 0.2) is 0 Å². The summed E-state index contributed by atoms with van der Waals surface area (Å²) in [5, 5.41) is 19.0. The Morgan fingerprint density at radius 3 is 1.96 bits per heavy atom. The highest BCUT2D eigenvalue weighted by atomic mass is 16.6. The van der Waals surface area contributed by atoms with Gasteiger partial charge in [0.2, 0.25) is 5.54 Å². The lowest BCUT2D eigenvalue weighted by atomic mass is 9.87. The Labute approximate surface area is 141 Å². The molecule has 0 aromatic heterocycles. The van der Waals surface area contributed by atoms with Gasteiger partial charge in [0.25, 0.3) is 0 Å². The van der Waals surface area contributed by atoms with E-state index >= 15 is 0 Å². The van der Waals surface area contributed by atoms with Gasteiger partial charge < -0.3 is 25.6 Å². The normalized spacial score (nSPS) is 19.0. The Bertz CT molecular complexity index is 512. The number of carboxylic acid groups (broad SMARTS) is 2. The third-order valence-electron chi connectivity index (χ3n) is 4.02. The van der Waals surface area contributed by atoms with Crippen LogP contribution in [0.4, 0.5) is 4.79 Å². The van der Waals surface area contributed by atoms with Gasteiger partial charge in [0, 0.05) is 31.7 Å². The fraction of sp³-hybridized carbons (Fsp3) is 0.800. The third-order valence-corrected chi connectivity index (χ3v) is 4.02. The maximum atomic E-state index is 12.2. The number of carbonyl (C=O) groups is 3. The molecule has 0 saturated carbocycles. The van der Waals surface area contributed by atoms with Crippen molar-refractivity contribution in [2.24, 2.45) is 5.73 Å². The van der Waals surface area contributed by atoms with Gasteiger partial charge in [-0.1, -0.05) is 0 Å². The van der Waals surface area contributed by atoms with E-state index < -0.39 is 41.3 Å². The molecule has 9 heteroatoms. The van der Waals surface area contributed by atoms with Crippen molar-refractivity contribution in [2.45, 2.75) is 51.3 Å². The molecule has 4 N–H and O–H groups in total. The van der Waals surface area contributed by atoms with E-state index in [1.54, 1.807) is 34.6 Å². The van der Waals surface area contributed by atoms with Crippen LogP contribution in [0.2, 0.25) is 0 Å². The number of piperazine rings is 1. The molecule has 0 aromatic rings. The number of hydrogen-bond acceptors (Lipinski definition) is 6. The van der Waals surface area contributed by atoms with Gasteiger partial charge in [-0.2, -0.15) is 0 Å². The Hall–Kier alpha value is -1.87. The molecule has 1 aliphatic rings. The zero-order valence-electron chi connectivity index (χ0n) is 14.8. The Kier molecular flexibility index (Phi) is 5.51. The minimum absolute atomic E-state index is 0.0576. The number of carbonyl (C=O) groups excluding carboxylic acids is 1. The summed E-state index contributed by atoms with van der Waals surface area (Å²) in [6, 6.07) is 0. The first-order valence-electron chi connectivity index (χ1n) is 7.70. The highest BCUT2D eigenvalue weighted by Gasteiger charge is 2.57. The third kappa shape index (κ3) is 3.78. The van der Waals surface area contributed by atoms with E-state index in [1.807, 2.05) is 0 Å². The minimum atomic E-state index is -2.23. The molecule has 1 fully saturated rings. The monoisotopic (exact) mass is 345 g/mol. The summed E-state index contributed by atoms with van der Waals surface area (Å²) in [6.45, 7) is 8.38. The maximum Gasteiger partial charge on any atom is 0.410 e. The second kappa shape index (κ2) is 6.56. The molecule has 138 valence electrons. The molecule has 0 unspecified atom stereocenters. The number of amides is 1. The first-order chi connectivity index (χ1) is 10.8. The van der Waals surface area contributed by atoms with Crippen LogP contribution in [0.15, 0.2) is 0 Å². The van der Waals surface area contributed by atoms with E-state index in [0.29, 0.717) is 0 Å². The van der Waals surface area contributed by atoms with E-state index in [2.05, 4.69) is 0 Å². The summed E-state index contributed by atoms with van der Waals surface area (Å²) in [5.74, 6) is -3.03. The first kappa shape index (κ1) is 20.2. The van der Waals surface area contributed by atoms with Crippen molar-refractivity contribution in [3.63, 3.8) is 0 Å². The lowest BCUT2D eigenvalue weighted by molar-refractivity contribution is -0.175. The second-order valence-electron chi connectivity index (χ2n) is 7.54. The van der Waals surface area contributed by atoms with Gasteiger partial charge in [0.1, 0.15) is 5.60 Å². The first-order valence-corrected chi connectivity index (χ1v) is 7.70. The van der Waals surface area contributed by atoms with Crippen LogP contribution < -0.4 is 5.73 Å². The highest BCUT2D eigenvalue weighted by molar-refractivity contribution is 6.03. The van der Waals surface area contributed by atoms with E-state index in [1.165, 1.54) is 9.80 Å². The van der Waals surface area contributed by atoms with E-state index in [9.17, 15) is 24.6 Å². The van der Waals surface area contributed by atoms with Crippen LogP contribution in [0.1, 0.15) is 34.6 Å². The topological polar surface area (TPSA) is 133 Å². The van der Waals surface area contributed by atoms with Gasteiger partial charge in [-0.3, -0.25) is 4.90 Å². The van der Waals surface area contributed by atoms with Crippen LogP contribution >= 0.6 is 0 Å². The zero-order chi connectivity index (χ0) is 18.9. The molecule has 0 radical (unpaired) electrons. The van der Waals surface area contributed by atoms with Crippen LogP contribution in [0, 0.1) is 0 Å². The number of aliphatic carboxylic acids is 2. The predicted molar refractivity (Wildman–Crippen MR) is 85.6 cm³/mol.